The summed E-state index contributed by atoms with van der Waals surface area (Å²) >= 11 is 0. The topological polar surface area (TPSA) is 24.5 Å². The van der Waals surface area contributed by atoms with Gasteiger partial charge in [0.15, 0.2) is 0 Å². The van der Waals surface area contributed by atoms with Crippen molar-refractivity contribution < 1.29 is 4.74 Å². The molecule has 0 aromatic carbocycles. The quantitative estimate of drug-likeness (QED) is 0.757. The smallest absolute Gasteiger partial charge is 0.0594 e. The molecule has 1 heterocycles. The van der Waals surface area contributed by atoms with E-state index < -0.39 is 0 Å². The molecular weight excluding hydrogens is 224 g/mol. The Morgan fingerprint density at radius 2 is 1.67 bits per heavy atom. The van der Waals surface area contributed by atoms with E-state index in [4.69, 9.17) is 4.74 Å². The van der Waals surface area contributed by atoms with Gasteiger partial charge in [0.25, 0.3) is 0 Å². The lowest BCUT2D eigenvalue weighted by Gasteiger charge is -2.36. The predicted molar refractivity (Wildman–Crippen MR) is 77.9 cm³/mol. The summed E-state index contributed by atoms with van der Waals surface area (Å²) < 4.78 is 5.46. The van der Waals surface area contributed by atoms with Gasteiger partial charge in [0.2, 0.25) is 0 Å². The molecule has 0 aromatic heterocycles. The number of hydrogen-bond acceptors (Lipinski definition) is 3. The molecule has 108 valence electrons. The normalized spacial score (nSPS) is 21.5. The fraction of sp³-hybridized carbons (Fsp3) is 1.00. The highest BCUT2D eigenvalue weighted by Gasteiger charge is 2.22. The molecule has 3 nitrogen and oxygen atoms in total. The van der Waals surface area contributed by atoms with Gasteiger partial charge in [0.1, 0.15) is 0 Å². The van der Waals surface area contributed by atoms with Gasteiger partial charge in [-0.2, -0.15) is 0 Å². The highest BCUT2D eigenvalue weighted by atomic mass is 16.5. The number of hydrogen-bond donors (Lipinski definition) is 1. The Balaban J connectivity index is 2.44. The summed E-state index contributed by atoms with van der Waals surface area (Å²) in [6.07, 6.45) is 1.28. The molecule has 1 aliphatic heterocycles. The third-order valence-corrected chi connectivity index (χ3v) is 3.98. The molecule has 18 heavy (non-hydrogen) atoms. The van der Waals surface area contributed by atoms with E-state index in [9.17, 15) is 0 Å². The summed E-state index contributed by atoms with van der Waals surface area (Å²) in [7, 11) is 0. The lowest BCUT2D eigenvalue weighted by molar-refractivity contribution is 0.0116. The standard InChI is InChI=1S/C15H32N2O/c1-12(2)10-15(11-16-14(5)13(3)4)17-6-8-18-9-7-17/h12-16H,6-11H2,1-5H3. The average Bonchev–Trinajstić information content (AvgIpc) is 2.34. The van der Waals surface area contributed by atoms with Gasteiger partial charge in [-0.3, -0.25) is 4.90 Å². The number of nitrogens with zero attached hydrogens (tertiary/aromatic N) is 1. The SMILES string of the molecule is CC(C)CC(CNC(C)C(C)C)N1CCOCC1. The second-order valence-corrected chi connectivity index (χ2v) is 6.37. The van der Waals surface area contributed by atoms with Crippen molar-refractivity contribution in [1.82, 2.24) is 10.2 Å². The number of nitrogens with one attached hydrogen (secondary N) is 1. The van der Waals surface area contributed by atoms with E-state index in [1.54, 1.807) is 0 Å². The fourth-order valence-corrected chi connectivity index (χ4v) is 2.41. The second kappa shape index (κ2) is 8.13. The van der Waals surface area contributed by atoms with Crippen LogP contribution in [0.2, 0.25) is 0 Å². The molecule has 1 fully saturated rings. The zero-order valence-corrected chi connectivity index (χ0v) is 12.9. The van der Waals surface area contributed by atoms with Crippen LogP contribution < -0.4 is 5.32 Å². The third-order valence-electron chi connectivity index (χ3n) is 3.98. The van der Waals surface area contributed by atoms with Gasteiger partial charge in [0.05, 0.1) is 13.2 Å². The highest BCUT2D eigenvalue weighted by molar-refractivity contribution is 4.79. The third kappa shape index (κ3) is 5.68. The van der Waals surface area contributed by atoms with Crippen molar-refractivity contribution in [2.24, 2.45) is 11.8 Å². The fourth-order valence-electron chi connectivity index (χ4n) is 2.41. The van der Waals surface area contributed by atoms with Crippen molar-refractivity contribution in [2.45, 2.75) is 53.1 Å². The first-order valence-corrected chi connectivity index (χ1v) is 7.56. The van der Waals surface area contributed by atoms with E-state index in [1.165, 1.54) is 6.42 Å². The van der Waals surface area contributed by atoms with Crippen LogP contribution in [0.15, 0.2) is 0 Å². The van der Waals surface area contributed by atoms with Crippen LogP contribution in [0.3, 0.4) is 0 Å². The maximum Gasteiger partial charge on any atom is 0.0594 e. The first-order valence-electron chi connectivity index (χ1n) is 7.56. The van der Waals surface area contributed by atoms with Crippen molar-refractivity contribution in [1.29, 1.82) is 0 Å². The Morgan fingerprint density at radius 1 is 1.06 bits per heavy atom. The molecule has 2 atom stereocenters. The Morgan fingerprint density at radius 3 is 2.17 bits per heavy atom. The largest absolute Gasteiger partial charge is 0.379 e. The molecule has 1 aliphatic rings. The van der Waals surface area contributed by atoms with Crippen molar-refractivity contribution >= 4 is 0 Å². The van der Waals surface area contributed by atoms with Gasteiger partial charge in [0, 0.05) is 31.7 Å². The maximum atomic E-state index is 5.46. The summed E-state index contributed by atoms with van der Waals surface area (Å²) in [6.45, 7) is 16.6. The summed E-state index contributed by atoms with van der Waals surface area (Å²) in [5.41, 5.74) is 0. The lowest BCUT2D eigenvalue weighted by Crippen LogP contribution is -2.50. The van der Waals surface area contributed by atoms with Gasteiger partial charge in [-0.15, -0.1) is 0 Å². The Hall–Kier alpha value is -0.120. The molecular formula is C15H32N2O. The minimum absolute atomic E-state index is 0.598. The van der Waals surface area contributed by atoms with Crippen LogP contribution in [0.1, 0.15) is 41.0 Å². The van der Waals surface area contributed by atoms with Crippen molar-refractivity contribution in [3.05, 3.63) is 0 Å². The minimum atomic E-state index is 0.598. The van der Waals surface area contributed by atoms with Gasteiger partial charge < -0.3 is 10.1 Å². The molecule has 1 saturated heterocycles. The van der Waals surface area contributed by atoms with E-state index in [0.29, 0.717) is 18.0 Å². The van der Waals surface area contributed by atoms with Crippen molar-refractivity contribution in [2.75, 3.05) is 32.8 Å². The van der Waals surface area contributed by atoms with Crippen LogP contribution in [0.5, 0.6) is 0 Å². The monoisotopic (exact) mass is 256 g/mol. The molecule has 0 amide bonds. The van der Waals surface area contributed by atoms with Crippen molar-refractivity contribution in [3.8, 4) is 0 Å². The summed E-state index contributed by atoms with van der Waals surface area (Å²) in [5.74, 6) is 1.46. The van der Waals surface area contributed by atoms with Gasteiger partial charge in [-0.05, 0) is 25.2 Å². The number of rotatable bonds is 7. The minimum Gasteiger partial charge on any atom is -0.379 e. The molecule has 1 rings (SSSR count). The van der Waals surface area contributed by atoms with Crippen LogP contribution in [0, 0.1) is 11.8 Å². The summed E-state index contributed by atoms with van der Waals surface area (Å²) in [5, 5.41) is 3.70. The molecule has 0 aliphatic carbocycles. The lowest BCUT2D eigenvalue weighted by atomic mass is 10.0. The Labute approximate surface area is 113 Å². The Kier molecular flexibility index (Phi) is 7.20. The van der Waals surface area contributed by atoms with Crippen LogP contribution in [0.25, 0.3) is 0 Å². The molecule has 0 radical (unpaired) electrons. The molecule has 1 N–H and O–H groups in total. The number of morpholine rings is 1. The average molecular weight is 256 g/mol. The van der Waals surface area contributed by atoms with Gasteiger partial charge in [-0.1, -0.05) is 27.7 Å². The molecule has 0 bridgehead atoms. The number of ether oxygens (including phenoxy) is 1. The first kappa shape index (κ1) is 15.9. The van der Waals surface area contributed by atoms with Crippen LogP contribution >= 0.6 is 0 Å². The van der Waals surface area contributed by atoms with E-state index >= 15 is 0 Å². The van der Waals surface area contributed by atoms with E-state index in [0.717, 1.165) is 38.8 Å². The van der Waals surface area contributed by atoms with Crippen molar-refractivity contribution in [3.63, 3.8) is 0 Å². The zero-order chi connectivity index (χ0) is 13.5. The van der Waals surface area contributed by atoms with E-state index in [1.807, 2.05) is 0 Å². The molecule has 2 unspecified atom stereocenters. The van der Waals surface area contributed by atoms with Gasteiger partial charge >= 0.3 is 0 Å². The van der Waals surface area contributed by atoms with Crippen LogP contribution in [-0.2, 0) is 4.74 Å². The highest BCUT2D eigenvalue weighted by Crippen LogP contribution is 2.13. The first-order chi connectivity index (χ1) is 8.50. The van der Waals surface area contributed by atoms with E-state index in [-0.39, 0.29) is 0 Å². The molecule has 3 heteroatoms. The van der Waals surface area contributed by atoms with Crippen LogP contribution in [-0.4, -0.2) is 49.8 Å². The molecule has 0 aromatic rings. The zero-order valence-electron chi connectivity index (χ0n) is 12.9. The predicted octanol–water partition coefficient (Wildman–Crippen LogP) is 2.37. The maximum absolute atomic E-state index is 5.46. The molecule has 0 spiro atoms. The summed E-state index contributed by atoms with van der Waals surface area (Å²) in [6, 6.07) is 1.26. The van der Waals surface area contributed by atoms with Gasteiger partial charge in [-0.25, -0.2) is 0 Å². The summed E-state index contributed by atoms with van der Waals surface area (Å²) in [4.78, 5) is 2.60. The molecule has 0 saturated carbocycles. The second-order valence-electron chi connectivity index (χ2n) is 6.37. The Bertz CT molecular complexity index is 213. The van der Waals surface area contributed by atoms with Crippen LogP contribution in [0.4, 0.5) is 0 Å². The van der Waals surface area contributed by atoms with E-state index in [2.05, 4.69) is 44.8 Å².